The van der Waals surface area contributed by atoms with Crippen LogP contribution in [0.15, 0.2) is 0 Å². The van der Waals surface area contributed by atoms with Crippen LogP contribution in [0.4, 0.5) is 0 Å². The Kier molecular flexibility index (Phi) is 5.88. The number of carbonyl (C=O) groups excluding carboxylic acids is 2. The number of hydrogen-bond acceptors (Lipinski definition) is 6. The molecule has 0 unspecified atom stereocenters. The van der Waals surface area contributed by atoms with E-state index in [-0.39, 0.29) is 12.8 Å². The Balaban J connectivity index is 4.08. The summed E-state index contributed by atoms with van der Waals surface area (Å²) in [6.45, 7) is 0. The highest BCUT2D eigenvalue weighted by Gasteiger charge is 2.17. The summed E-state index contributed by atoms with van der Waals surface area (Å²) in [6.07, 6.45) is -0.756. The quantitative estimate of drug-likeness (QED) is 0.615. The third-order valence-electron chi connectivity index (χ3n) is 1.35. The molecule has 16 heavy (non-hydrogen) atoms. The van der Waals surface area contributed by atoms with Crippen LogP contribution in [-0.4, -0.2) is 39.9 Å². The van der Waals surface area contributed by atoms with Gasteiger partial charge in [0.2, 0.25) is 18.1 Å². The SMILES string of the molecule is O=C(CCC(=O)CS(=O)(=O)Cl)CS(=O)(=O)Cl. The van der Waals surface area contributed by atoms with Gasteiger partial charge in [-0.3, -0.25) is 9.59 Å². The van der Waals surface area contributed by atoms with Gasteiger partial charge in [0.15, 0.2) is 0 Å². The van der Waals surface area contributed by atoms with Gasteiger partial charge in [-0.2, -0.15) is 0 Å². The lowest BCUT2D eigenvalue weighted by Gasteiger charge is -1.97. The zero-order valence-electron chi connectivity index (χ0n) is 7.85. The third-order valence-corrected chi connectivity index (χ3v) is 3.34. The summed E-state index contributed by atoms with van der Waals surface area (Å²) in [7, 11) is 1.72. The molecule has 0 aliphatic rings. The Hall–Kier alpha value is -0.180. The van der Waals surface area contributed by atoms with E-state index in [4.69, 9.17) is 21.4 Å². The fourth-order valence-corrected chi connectivity index (χ4v) is 2.60. The predicted molar refractivity (Wildman–Crippen MR) is 58.5 cm³/mol. The first-order valence-electron chi connectivity index (χ1n) is 3.88. The maximum atomic E-state index is 10.9. The summed E-state index contributed by atoms with van der Waals surface area (Å²) in [4.78, 5) is 21.9. The molecule has 0 rings (SSSR count). The highest BCUT2D eigenvalue weighted by Crippen LogP contribution is 2.04. The number of halogens is 2. The topological polar surface area (TPSA) is 102 Å². The second-order valence-electron chi connectivity index (χ2n) is 2.94. The van der Waals surface area contributed by atoms with Crippen LogP contribution in [0, 0.1) is 0 Å². The molecule has 0 N–H and O–H groups in total. The molecule has 0 heterocycles. The largest absolute Gasteiger partial charge is 0.299 e. The molecule has 6 nitrogen and oxygen atoms in total. The molecule has 0 amide bonds. The molecule has 10 heteroatoms. The molecule has 0 radical (unpaired) electrons. The van der Waals surface area contributed by atoms with Gasteiger partial charge in [-0.1, -0.05) is 0 Å². The molecule has 0 aliphatic carbocycles. The van der Waals surface area contributed by atoms with Gasteiger partial charge in [0.1, 0.15) is 23.1 Å². The van der Waals surface area contributed by atoms with Gasteiger partial charge in [0.05, 0.1) is 0 Å². The molecule has 0 spiro atoms. The summed E-state index contributed by atoms with van der Waals surface area (Å²) in [5.74, 6) is -3.27. The number of hydrogen-bond donors (Lipinski definition) is 0. The Morgan fingerprint density at radius 3 is 1.19 bits per heavy atom. The Morgan fingerprint density at radius 1 is 0.750 bits per heavy atom. The van der Waals surface area contributed by atoms with Gasteiger partial charge in [-0.25, -0.2) is 16.8 Å². The molecular formula is C6H8Cl2O6S2. The van der Waals surface area contributed by atoms with Crippen LogP contribution < -0.4 is 0 Å². The van der Waals surface area contributed by atoms with Crippen LogP contribution in [0.1, 0.15) is 12.8 Å². The van der Waals surface area contributed by atoms with E-state index >= 15 is 0 Å². The Morgan fingerprint density at radius 2 is 1.00 bits per heavy atom. The first kappa shape index (κ1) is 15.8. The molecule has 0 bridgehead atoms. The monoisotopic (exact) mass is 310 g/mol. The van der Waals surface area contributed by atoms with Gasteiger partial charge in [0.25, 0.3) is 0 Å². The van der Waals surface area contributed by atoms with Crippen molar-refractivity contribution in [2.75, 3.05) is 11.5 Å². The zero-order chi connectivity index (χ0) is 13.0. The predicted octanol–water partition coefficient (Wildman–Crippen LogP) is 0.0420. The van der Waals surface area contributed by atoms with E-state index in [1.165, 1.54) is 0 Å². The minimum absolute atomic E-state index is 0.378. The minimum atomic E-state index is -3.94. The molecule has 0 aromatic carbocycles. The fraction of sp³-hybridized carbons (Fsp3) is 0.667. The highest BCUT2D eigenvalue weighted by molar-refractivity contribution is 8.14. The average Bonchev–Trinajstić information content (AvgIpc) is 1.94. The lowest BCUT2D eigenvalue weighted by atomic mass is 10.2. The minimum Gasteiger partial charge on any atom is -0.299 e. The molecule has 0 atom stereocenters. The van der Waals surface area contributed by atoms with Gasteiger partial charge in [-0.15, -0.1) is 0 Å². The second-order valence-corrected chi connectivity index (χ2v) is 8.50. The van der Waals surface area contributed by atoms with Crippen molar-refractivity contribution in [3.8, 4) is 0 Å². The van der Waals surface area contributed by atoms with Crippen LogP contribution in [0.25, 0.3) is 0 Å². The third kappa shape index (κ3) is 10.3. The lowest BCUT2D eigenvalue weighted by Crippen LogP contribution is -2.16. The zero-order valence-corrected chi connectivity index (χ0v) is 11.0. The van der Waals surface area contributed by atoms with E-state index in [0.717, 1.165) is 0 Å². The molecule has 0 aromatic rings. The molecule has 0 aromatic heterocycles. The molecule has 0 aliphatic heterocycles. The van der Waals surface area contributed by atoms with Gasteiger partial charge < -0.3 is 0 Å². The van der Waals surface area contributed by atoms with Crippen LogP contribution >= 0.6 is 21.4 Å². The average molecular weight is 311 g/mol. The summed E-state index contributed by atoms with van der Waals surface area (Å²) in [5.41, 5.74) is 0. The summed E-state index contributed by atoms with van der Waals surface area (Å²) >= 11 is 0. The maximum absolute atomic E-state index is 10.9. The van der Waals surface area contributed by atoms with Crippen LogP contribution in [0.2, 0.25) is 0 Å². The van der Waals surface area contributed by atoms with Crippen molar-refractivity contribution >= 4 is 51.0 Å². The lowest BCUT2D eigenvalue weighted by molar-refractivity contribution is -0.121. The van der Waals surface area contributed by atoms with E-state index in [9.17, 15) is 26.4 Å². The number of Topliss-reactive ketones (excluding diaryl/α,β-unsaturated/α-hetero) is 2. The van der Waals surface area contributed by atoms with E-state index in [2.05, 4.69) is 0 Å². The van der Waals surface area contributed by atoms with E-state index in [0.29, 0.717) is 0 Å². The van der Waals surface area contributed by atoms with Crippen molar-refractivity contribution in [3.63, 3.8) is 0 Å². The standard InChI is InChI=1S/C6H8Cl2O6S2/c7-15(11,12)3-5(9)1-2-6(10)4-16(8,13)14/h1-4H2. The molecule has 0 saturated carbocycles. The van der Waals surface area contributed by atoms with Crippen molar-refractivity contribution < 1.29 is 26.4 Å². The normalized spacial score (nSPS) is 12.4. The summed E-state index contributed by atoms with van der Waals surface area (Å²) < 4.78 is 41.8. The van der Waals surface area contributed by atoms with Gasteiger partial charge in [0, 0.05) is 34.2 Å². The van der Waals surface area contributed by atoms with Crippen molar-refractivity contribution in [1.29, 1.82) is 0 Å². The first-order valence-corrected chi connectivity index (χ1v) is 8.83. The summed E-state index contributed by atoms with van der Waals surface area (Å²) in [5, 5.41) is 0. The molecule has 0 fully saturated rings. The maximum Gasteiger partial charge on any atom is 0.239 e. The second kappa shape index (κ2) is 5.95. The molecular weight excluding hydrogens is 303 g/mol. The van der Waals surface area contributed by atoms with Crippen molar-refractivity contribution in [3.05, 3.63) is 0 Å². The van der Waals surface area contributed by atoms with E-state index < -0.39 is 41.2 Å². The van der Waals surface area contributed by atoms with Crippen molar-refractivity contribution in [2.24, 2.45) is 0 Å². The van der Waals surface area contributed by atoms with E-state index in [1.807, 2.05) is 0 Å². The van der Waals surface area contributed by atoms with Gasteiger partial charge >= 0.3 is 0 Å². The Bertz CT molecular complexity index is 431. The smallest absolute Gasteiger partial charge is 0.239 e. The van der Waals surface area contributed by atoms with Gasteiger partial charge in [-0.05, 0) is 0 Å². The van der Waals surface area contributed by atoms with Crippen LogP contribution in [0.5, 0.6) is 0 Å². The number of rotatable bonds is 7. The van der Waals surface area contributed by atoms with Crippen LogP contribution in [-0.2, 0) is 27.7 Å². The van der Waals surface area contributed by atoms with E-state index in [1.54, 1.807) is 0 Å². The molecule has 94 valence electrons. The fourth-order valence-electron chi connectivity index (χ4n) is 0.808. The first-order chi connectivity index (χ1) is 6.99. The number of ketones is 2. The van der Waals surface area contributed by atoms with Crippen molar-refractivity contribution in [2.45, 2.75) is 12.8 Å². The highest BCUT2D eigenvalue weighted by atomic mass is 35.7. The number of carbonyl (C=O) groups is 2. The summed E-state index contributed by atoms with van der Waals surface area (Å²) in [6, 6.07) is 0. The molecule has 0 saturated heterocycles. The van der Waals surface area contributed by atoms with Crippen molar-refractivity contribution in [1.82, 2.24) is 0 Å². The van der Waals surface area contributed by atoms with Crippen LogP contribution in [0.3, 0.4) is 0 Å². The Labute approximate surface area is 102 Å².